The molecule has 1 aliphatic carbocycles. The van der Waals surface area contributed by atoms with Crippen LogP contribution in [0.1, 0.15) is 29.6 Å². The van der Waals surface area contributed by atoms with Crippen molar-refractivity contribution in [2.24, 2.45) is 11.8 Å². The van der Waals surface area contributed by atoms with Crippen molar-refractivity contribution in [1.29, 1.82) is 0 Å². The molecule has 3 unspecified atom stereocenters. The van der Waals surface area contributed by atoms with Gasteiger partial charge in [0, 0.05) is 37.7 Å². The minimum atomic E-state index is -3.44. The summed E-state index contributed by atoms with van der Waals surface area (Å²) in [5, 5.41) is 9.71. The second-order valence-corrected chi connectivity index (χ2v) is 9.01. The van der Waals surface area contributed by atoms with Crippen LogP contribution in [0.2, 0.25) is 0 Å². The minimum absolute atomic E-state index is 0.0817. The molecule has 130 valence electrons. The van der Waals surface area contributed by atoms with Crippen LogP contribution in [0.5, 0.6) is 0 Å². The van der Waals surface area contributed by atoms with E-state index in [2.05, 4.69) is 0 Å². The van der Waals surface area contributed by atoms with Gasteiger partial charge in [0.2, 0.25) is 10.0 Å². The van der Waals surface area contributed by atoms with Crippen LogP contribution in [0.4, 0.5) is 0 Å². The summed E-state index contributed by atoms with van der Waals surface area (Å²) in [7, 11) is -3.44. The van der Waals surface area contributed by atoms with Crippen molar-refractivity contribution >= 4 is 15.9 Å². The molecule has 1 amide bonds. The summed E-state index contributed by atoms with van der Waals surface area (Å²) in [5.74, 6) is 0.546. The van der Waals surface area contributed by atoms with Crippen LogP contribution in [0.15, 0.2) is 29.2 Å². The van der Waals surface area contributed by atoms with Gasteiger partial charge in [-0.25, -0.2) is 8.42 Å². The number of hydrogen-bond donors (Lipinski definition) is 1. The van der Waals surface area contributed by atoms with E-state index in [0.717, 1.165) is 19.3 Å². The Hall–Kier alpha value is -1.44. The van der Waals surface area contributed by atoms with Crippen LogP contribution in [-0.2, 0) is 10.0 Å². The Labute approximate surface area is 142 Å². The van der Waals surface area contributed by atoms with Crippen molar-refractivity contribution in [2.75, 3.05) is 26.2 Å². The smallest absolute Gasteiger partial charge is 0.253 e. The molecule has 1 aromatic carbocycles. The lowest BCUT2D eigenvalue weighted by atomic mass is 9.74. The van der Waals surface area contributed by atoms with E-state index >= 15 is 0 Å². The summed E-state index contributed by atoms with van der Waals surface area (Å²) in [6.45, 7) is 2.43. The van der Waals surface area contributed by atoms with E-state index in [4.69, 9.17) is 0 Å². The van der Waals surface area contributed by atoms with Crippen molar-refractivity contribution in [2.45, 2.75) is 30.3 Å². The summed E-state index contributed by atoms with van der Waals surface area (Å²) in [4.78, 5) is 14.6. The number of likely N-dealkylation sites (tertiary alicyclic amines) is 1. The number of aliphatic hydroxyl groups is 1. The van der Waals surface area contributed by atoms with E-state index in [9.17, 15) is 18.3 Å². The highest BCUT2D eigenvalue weighted by Crippen LogP contribution is 2.41. The van der Waals surface area contributed by atoms with Gasteiger partial charge in [0.15, 0.2) is 0 Å². The maximum Gasteiger partial charge on any atom is 0.253 e. The summed E-state index contributed by atoms with van der Waals surface area (Å²) in [6.07, 6.45) is 2.31. The molecule has 0 bridgehead atoms. The zero-order chi connectivity index (χ0) is 16.9. The molecule has 3 atom stereocenters. The molecule has 0 spiro atoms. The molecule has 0 radical (unpaired) electrons. The Bertz CT molecular complexity index is 740. The number of carbonyl (C=O) groups is 1. The predicted octanol–water partition coefficient (Wildman–Crippen LogP) is 0.924. The fourth-order valence-electron chi connectivity index (χ4n) is 4.07. The molecule has 2 saturated heterocycles. The number of hydrogen-bond acceptors (Lipinski definition) is 4. The Kier molecular flexibility index (Phi) is 3.89. The average molecular weight is 350 g/mol. The highest BCUT2D eigenvalue weighted by atomic mass is 32.2. The molecule has 7 heteroatoms. The van der Waals surface area contributed by atoms with Crippen molar-refractivity contribution < 1.29 is 18.3 Å². The molecular formula is C17H22N2O4S. The highest BCUT2D eigenvalue weighted by Gasteiger charge is 2.47. The van der Waals surface area contributed by atoms with E-state index in [1.165, 1.54) is 16.4 Å². The normalized spacial score (nSPS) is 30.2. The van der Waals surface area contributed by atoms with E-state index < -0.39 is 10.0 Å². The van der Waals surface area contributed by atoms with Crippen molar-refractivity contribution in [3.63, 3.8) is 0 Å². The molecule has 6 nitrogen and oxygen atoms in total. The number of benzene rings is 1. The largest absolute Gasteiger partial charge is 0.393 e. The van der Waals surface area contributed by atoms with Gasteiger partial charge < -0.3 is 10.0 Å². The molecule has 3 fully saturated rings. The van der Waals surface area contributed by atoms with Crippen LogP contribution >= 0.6 is 0 Å². The first-order valence-electron chi connectivity index (χ1n) is 8.54. The van der Waals surface area contributed by atoms with Crippen LogP contribution in [0, 0.1) is 11.8 Å². The van der Waals surface area contributed by atoms with E-state index in [1.807, 2.05) is 0 Å². The number of nitrogens with zero attached hydrogens (tertiary/aromatic N) is 2. The number of fused-ring (bicyclic) bond motifs is 1. The van der Waals surface area contributed by atoms with Gasteiger partial charge in [0.25, 0.3) is 5.91 Å². The molecule has 2 aliphatic heterocycles. The van der Waals surface area contributed by atoms with E-state index in [-0.39, 0.29) is 22.8 Å². The molecule has 1 saturated carbocycles. The lowest BCUT2D eigenvalue weighted by Crippen LogP contribution is -2.39. The first-order valence-corrected chi connectivity index (χ1v) is 9.98. The highest BCUT2D eigenvalue weighted by molar-refractivity contribution is 7.89. The van der Waals surface area contributed by atoms with Gasteiger partial charge >= 0.3 is 0 Å². The molecule has 2 heterocycles. The second-order valence-electron chi connectivity index (χ2n) is 7.07. The lowest BCUT2D eigenvalue weighted by Gasteiger charge is -2.34. The summed E-state index contributed by atoms with van der Waals surface area (Å²) in [6, 6.07) is 6.25. The SMILES string of the molecule is O=C(c1ccc(S(=O)(=O)N2CCCC2)cc1)N1CC2CC(O)C2C1. The molecule has 1 aromatic rings. The fourth-order valence-corrected chi connectivity index (χ4v) is 5.58. The third kappa shape index (κ3) is 2.55. The first kappa shape index (κ1) is 16.1. The summed E-state index contributed by atoms with van der Waals surface area (Å²) >= 11 is 0. The lowest BCUT2D eigenvalue weighted by molar-refractivity contribution is -0.00427. The molecular weight excluding hydrogens is 328 g/mol. The van der Waals surface area contributed by atoms with Gasteiger partial charge in [0.05, 0.1) is 11.0 Å². The first-order chi connectivity index (χ1) is 11.5. The van der Waals surface area contributed by atoms with Crippen LogP contribution < -0.4 is 0 Å². The third-order valence-electron chi connectivity index (χ3n) is 5.62. The van der Waals surface area contributed by atoms with Gasteiger partial charge in [-0.15, -0.1) is 0 Å². The monoisotopic (exact) mass is 350 g/mol. The van der Waals surface area contributed by atoms with E-state index in [0.29, 0.717) is 37.7 Å². The Balaban J connectivity index is 1.49. The molecule has 0 aromatic heterocycles. The Morgan fingerprint density at radius 1 is 1.08 bits per heavy atom. The number of sulfonamides is 1. The molecule has 24 heavy (non-hydrogen) atoms. The van der Waals surface area contributed by atoms with E-state index in [1.54, 1.807) is 17.0 Å². The number of amides is 1. The zero-order valence-corrected chi connectivity index (χ0v) is 14.3. The minimum Gasteiger partial charge on any atom is -0.393 e. The van der Waals surface area contributed by atoms with Crippen molar-refractivity contribution in [3.8, 4) is 0 Å². The molecule has 1 N–H and O–H groups in total. The van der Waals surface area contributed by atoms with Crippen LogP contribution in [0.3, 0.4) is 0 Å². The number of aliphatic hydroxyl groups excluding tert-OH is 1. The maximum atomic E-state index is 12.6. The van der Waals surface area contributed by atoms with Gasteiger partial charge in [-0.2, -0.15) is 4.31 Å². The van der Waals surface area contributed by atoms with Crippen LogP contribution in [0.25, 0.3) is 0 Å². The Morgan fingerprint density at radius 3 is 2.33 bits per heavy atom. The van der Waals surface area contributed by atoms with Gasteiger partial charge in [-0.05, 0) is 49.4 Å². The number of rotatable bonds is 3. The van der Waals surface area contributed by atoms with Crippen LogP contribution in [-0.4, -0.2) is 60.9 Å². The topological polar surface area (TPSA) is 77.9 Å². The fraction of sp³-hybridized carbons (Fsp3) is 0.588. The number of carbonyl (C=O) groups excluding carboxylic acids is 1. The maximum absolute atomic E-state index is 12.6. The molecule has 4 rings (SSSR count). The van der Waals surface area contributed by atoms with Gasteiger partial charge in [-0.3, -0.25) is 4.79 Å². The molecule has 3 aliphatic rings. The average Bonchev–Trinajstić information content (AvgIpc) is 3.22. The second kappa shape index (κ2) is 5.82. The van der Waals surface area contributed by atoms with Crippen molar-refractivity contribution in [1.82, 2.24) is 9.21 Å². The summed E-state index contributed by atoms with van der Waals surface area (Å²) < 4.78 is 26.5. The van der Waals surface area contributed by atoms with Gasteiger partial charge in [0.1, 0.15) is 0 Å². The zero-order valence-electron chi connectivity index (χ0n) is 13.5. The quantitative estimate of drug-likeness (QED) is 0.879. The standard InChI is InChI=1S/C17H22N2O4S/c20-16-9-13-10-18(11-15(13)16)17(21)12-3-5-14(6-4-12)24(22,23)19-7-1-2-8-19/h3-6,13,15-16,20H,1-2,7-11H2. The van der Waals surface area contributed by atoms with Gasteiger partial charge in [-0.1, -0.05) is 0 Å². The summed E-state index contributed by atoms with van der Waals surface area (Å²) in [5.41, 5.74) is 0.506. The predicted molar refractivity (Wildman–Crippen MR) is 87.9 cm³/mol. The van der Waals surface area contributed by atoms with Crippen molar-refractivity contribution in [3.05, 3.63) is 29.8 Å². The third-order valence-corrected chi connectivity index (χ3v) is 7.53. The Morgan fingerprint density at radius 2 is 1.75 bits per heavy atom.